The number of para-hydroxylation sites is 1. The lowest BCUT2D eigenvalue weighted by Gasteiger charge is -2.09. The van der Waals surface area contributed by atoms with Gasteiger partial charge in [0.05, 0.1) is 20.4 Å². The van der Waals surface area contributed by atoms with Crippen molar-refractivity contribution in [3.8, 4) is 11.5 Å². The van der Waals surface area contributed by atoms with E-state index in [1.807, 2.05) is 12.1 Å². The van der Waals surface area contributed by atoms with Crippen LogP contribution in [0.15, 0.2) is 47.6 Å². The fourth-order valence-electron chi connectivity index (χ4n) is 2.48. The highest BCUT2D eigenvalue weighted by Crippen LogP contribution is 2.29. The Morgan fingerprint density at radius 3 is 2.65 bits per heavy atom. The number of hydrogen-bond acceptors (Lipinski definition) is 5. The van der Waals surface area contributed by atoms with E-state index in [1.54, 1.807) is 38.6 Å². The lowest BCUT2D eigenvalue weighted by molar-refractivity contribution is 0.354. The van der Waals surface area contributed by atoms with Crippen LogP contribution in [0.3, 0.4) is 0 Å². The first kappa shape index (κ1) is 17.8. The molecule has 0 atom stereocenters. The zero-order valence-electron chi connectivity index (χ0n) is 14.3. The lowest BCUT2D eigenvalue weighted by atomic mass is 10.1. The van der Waals surface area contributed by atoms with Gasteiger partial charge in [0.25, 0.3) is 0 Å². The standard InChI is InChI=1S/C18H17FN4O2S/c1-24-15-5-3-4-13(17(15)25-2)11-20-23-16(21-22-18(23)26)10-12-6-8-14(19)9-7-12/h3-9,11H,10H2,1-2H3,(H,22,26)/b20-11-. The van der Waals surface area contributed by atoms with Crippen molar-refractivity contribution in [3.05, 3.63) is 70.0 Å². The zero-order chi connectivity index (χ0) is 18.5. The van der Waals surface area contributed by atoms with Crippen molar-refractivity contribution >= 4 is 18.4 Å². The molecule has 1 heterocycles. The summed E-state index contributed by atoms with van der Waals surface area (Å²) in [6.07, 6.45) is 2.08. The van der Waals surface area contributed by atoms with E-state index in [-0.39, 0.29) is 5.82 Å². The number of hydrogen-bond donors (Lipinski definition) is 1. The molecule has 0 aliphatic carbocycles. The summed E-state index contributed by atoms with van der Waals surface area (Å²) in [6.45, 7) is 0. The van der Waals surface area contributed by atoms with E-state index in [4.69, 9.17) is 21.7 Å². The second kappa shape index (κ2) is 7.92. The number of benzene rings is 2. The van der Waals surface area contributed by atoms with E-state index in [9.17, 15) is 4.39 Å². The van der Waals surface area contributed by atoms with Gasteiger partial charge >= 0.3 is 0 Å². The third-order valence-electron chi connectivity index (χ3n) is 3.74. The van der Waals surface area contributed by atoms with Crippen molar-refractivity contribution in [1.29, 1.82) is 0 Å². The molecule has 3 aromatic rings. The summed E-state index contributed by atoms with van der Waals surface area (Å²) in [7, 11) is 3.14. The summed E-state index contributed by atoms with van der Waals surface area (Å²) in [5, 5.41) is 11.4. The molecular formula is C18H17FN4O2S. The van der Waals surface area contributed by atoms with Crippen molar-refractivity contribution in [2.75, 3.05) is 14.2 Å². The summed E-state index contributed by atoms with van der Waals surface area (Å²) in [4.78, 5) is 0. The maximum atomic E-state index is 13.1. The predicted octanol–water partition coefficient (Wildman–Crippen LogP) is 3.57. The summed E-state index contributed by atoms with van der Waals surface area (Å²) < 4.78 is 25.6. The highest BCUT2D eigenvalue weighted by molar-refractivity contribution is 7.71. The molecule has 0 fully saturated rings. The fraction of sp³-hybridized carbons (Fsp3) is 0.167. The molecular weight excluding hydrogens is 355 g/mol. The van der Waals surface area contributed by atoms with Gasteiger partial charge < -0.3 is 9.47 Å². The number of nitrogens with zero attached hydrogens (tertiary/aromatic N) is 3. The average molecular weight is 372 g/mol. The van der Waals surface area contributed by atoms with Crippen molar-refractivity contribution in [2.45, 2.75) is 6.42 Å². The summed E-state index contributed by atoms with van der Waals surface area (Å²) >= 11 is 5.25. The van der Waals surface area contributed by atoms with Crippen LogP contribution in [0, 0.1) is 10.6 Å². The molecule has 0 amide bonds. The van der Waals surface area contributed by atoms with E-state index >= 15 is 0 Å². The molecule has 2 aromatic carbocycles. The van der Waals surface area contributed by atoms with Gasteiger partial charge in [0, 0.05) is 12.0 Å². The molecule has 26 heavy (non-hydrogen) atoms. The van der Waals surface area contributed by atoms with Crippen LogP contribution in [0.4, 0.5) is 4.39 Å². The second-order valence-corrected chi connectivity index (χ2v) is 5.77. The van der Waals surface area contributed by atoms with Crippen molar-refractivity contribution in [3.63, 3.8) is 0 Å². The third-order valence-corrected chi connectivity index (χ3v) is 4.00. The Labute approximate surface area is 154 Å². The van der Waals surface area contributed by atoms with Gasteiger partial charge in [-0.05, 0) is 42.0 Å². The molecule has 1 aromatic heterocycles. The molecule has 0 saturated carbocycles. The number of halogens is 1. The number of nitrogens with one attached hydrogen (secondary N) is 1. The smallest absolute Gasteiger partial charge is 0.216 e. The average Bonchev–Trinajstić information content (AvgIpc) is 3.00. The van der Waals surface area contributed by atoms with Crippen LogP contribution >= 0.6 is 12.2 Å². The minimum Gasteiger partial charge on any atom is -0.493 e. The van der Waals surface area contributed by atoms with Crippen molar-refractivity contribution < 1.29 is 13.9 Å². The first-order chi connectivity index (χ1) is 12.6. The molecule has 0 saturated heterocycles. The molecule has 1 N–H and O–H groups in total. The van der Waals surface area contributed by atoms with Gasteiger partial charge in [-0.3, -0.25) is 5.10 Å². The van der Waals surface area contributed by atoms with Gasteiger partial charge in [0.2, 0.25) is 4.77 Å². The topological polar surface area (TPSA) is 64.4 Å². The molecule has 3 rings (SSSR count). The number of aromatic amines is 1. The Bertz CT molecular complexity index is 980. The quantitative estimate of drug-likeness (QED) is 0.531. The summed E-state index contributed by atoms with van der Waals surface area (Å²) in [5.41, 5.74) is 1.64. The first-order valence-electron chi connectivity index (χ1n) is 7.78. The van der Waals surface area contributed by atoms with Crippen molar-refractivity contribution in [2.24, 2.45) is 5.10 Å². The minimum atomic E-state index is -0.282. The molecule has 0 aliphatic heterocycles. The SMILES string of the molecule is COc1cccc(/C=N\n2c(Cc3ccc(F)cc3)n[nH]c2=S)c1OC. The van der Waals surface area contributed by atoms with Crippen LogP contribution in [0.5, 0.6) is 11.5 Å². The van der Waals surface area contributed by atoms with Crippen LogP contribution in [-0.2, 0) is 6.42 Å². The number of methoxy groups -OCH3 is 2. The molecule has 0 radical (unpaired) electrons. The van der Waals surface area contributed by atoms with E-state index < -0.39 is 0 Å². The highest BCUT2D eigenvalue weighted by atomic mass is 32.1. The zero-order valence-corrected chi connectivity index (χ0v) is 15.1. The lowest BCUT2D eigenvalue weighted by Crippen LogP contribution is -2.01. The van der Waals surface area contributed by atoms with Gasteiger partial charge in [-0.2, -0.15) is 14.9 Å². The largest absolute Gasteiger partial charge is 0.493 e. The normalized spacial score (nSPS) is 11.0. The number of aromatic nitrogens is 3. The van der Waals surface area contributed by atoms with Crippen molar-refractivity contribution in [1.82, 2.24) is 14.9 Å². The molecule has 0 spiro atoms. The van der Waals surface area contributed by atoms with Gasteiger partial charge in [-0.25, -0.2) is 4.39 Å². The maximum Gasteiger partial charge on any atom is 0.216 e. The van der Waals surface area contributed by atoms with E-state index in [0.29, 0.717) is 28.5 Å². The van der Waals surface area contributed by atoms with Crippen LogP contribution < -0.4 is 9.47 Å². The Hall–Kier alpha value is -3.00. The molecule has 134 valence electrons. The summed E-state index contributed by atoms with van der Waals surface area (Å²) in [5.74, 6) is 1.52. The van der Waals surface area contributed by atoms with Crippen LogP contribution in [0.25, 0.3) is 0 Å². The molecule has 8 heteroatoms. The highest BCUT2D eigenvalue weighted by Gasteiger charge is 2.09. The van der Waals surface area contributed by atoms with Crippen LogP contribution in [0.1, 0.15) is 17.0 Å². The Morgan fingerprint density at radius 2 is 1.96 bits per heavy atom. The molecule has 6 nitrogen and oxygen atoms in total. The third kappa shape index (κ3) is 3.80. The Morgan fingerprint density at radius 1 is 1.19 bits per heavy atom. The van der Waals surface area contributed by atoms with Crippen LogP contribution in [-0.4, -0.2) is 35.3 Å². The van der Waals surface area contributed by atoms with E-state index in [2.05, 4.69) is 15.3 Å². The molecule has 0 bridgehead atoms. The van der Waals surface area contributed by atoms with Gasteiger partial charge in [0.1, 0.15) is 5.82 Å². The van der Waals surface area contributed by atoms with E-state index in [1.165, 1.54) is 16.8 Å². The Balaban J connectivity index is 1.91. The van der Waals surface area contributed by atoms with Gasteiger partial charge in [-0.1, -0.05) is 18.2 Å². The first-order valence-corrected chi connectivity index (χ1v) is 8.19. The minimum absolute atomic E-state index is 0.282. The fourth-order valence-corrected chi connectivity index (χ4v) is 2.67. The Kier molecular flexibility index (Phi) is 5.43. The predicted molar refractivity (Wildman–Crippen MR) is 99.2 cm³/mol. The van der Waals surface area contributed by atoms with Gasteiger partial charge in [-0.15, -0.1) is 0 Å². The maximum absolute atomic E-state index is 13.1. The number of ether oxygens (including phenoxy) is 2. The summed E-state index contributed by atoms with van der Waals surface area (Å²) in [6, 6.07) is 11.7. The number of rotatable bonds is 6. The monoisotopic (exact) mass is 372 g/mol. The van der Waals surface area contributed by atoms with E-state index in [0.717, 1.165) is 11.1 Å². The van der Waals surface area contributed by atoms with Gasteiger partial charge in [0.15, 0.2) is 17.3 Å². The second-order valence-electron chi connectivity index (χ2n) is 5.39. The number of H-pyrrole nitrogens is 1. The molecule has 0 aliphatic rings. The molecule has 0 unspecified atom stereocenters. The van der Waals surface area contributed by atoms with Crippen LogP contribution in [0.2, 0.25) is 0 Å².